The Morgan fingerprint density at radius 2 is 2.08 bits per heavy atom. The molecule has 2 aliphatic carbocycles. The maximum Gasteiger partial charge on any atom is 0.315 e. The molecule has 2 amide bonds. The molecule has 1 heterocycles. The number of ether oxygens (including phenoxy) is 2. The van der Waals surface area contributed by atoms with Crippen LogP contribution in [0.15, 0.2) is 18.2 Å². The lowest BCUT2D eigenvalue weighted by Gasteiger charge is -2.38. The Morgan fingerprint density at radius 1 is 1.24 bits per heavy atom. The lowest BCUT2D eigenvalue weighted by Crippen LogP contribution is -2.50. The molecule has 4 rings (SSSR count). The number of fused-ring (bicyclic) bond motifs is 1. The quantitative estimate of drug-likeness (QED) is 0.883. The van der Waals surface area contributed by atoms with Crippen molar-refractivity contribution in [2.24, 2.45) is 0 Å². The summed E-state index contributed by atoms with van der Waals surface area (Å²) in [6, 6.07) is 6.32. The molecular formula is C20H28N2O3. The Balaban J connectivity index is 1.36. The lowest BCUT2D eigenvalue weighted by atomic mass is 9.89. The van der Waals surface area contributed by atoms with Crippen LogP contribution in [-0.2, 0) is 11.2 Å². The predicted octanol–water partition coefficient (Wildman–Crippen LogP) is 3.47. The fourth-order valence-corrected chi connectivity index (χ4v) is 4.87. The number of benzene rings is 1. The van der Waals surface area contributed by atoms with Crippen molar-refractivity contribution in [1.82, 2.24) is 10.6 Å². The van der Waals surface area contributed by atoms with E-state index in [1.165, 1.54) is 24.0 Å². The molecule has 25 heavy (non-hydrogen) atoms. The topological polar surface area (TPSA) is 59.6 Å². The van der Waals surface area contributed by atoms with Crippen molar-refractivity contribution in [3.63, 3.8) is 0 Å². The summed E-state index contributed by atoms with van der Waals surface area (Å²) in [4.78, 5) is 12.5. The van der Waals surface area contributed by atoms with E-state index in [9.17, 15) is 4.79 Å². The number of amides is 2. The molecule has 0 bridgehead atoms. The normalized spacial score (nSPS) is 27.1. The summed E-state index contributed by atoms with van der Waals surface area (Å²) in [5, 5.41) is 6.36. The van der Waals surface area contributed by atoms with Crippen LogP contribution in [0.5, 0.6) is 5.75 Å². The third-order valence-electron chi connectivity index (χ3n) is 6.10. The van der Waals surface area contributed by atoms with Gasteiger partial charge in [-0.1, -0.05) is 25.0 Å². The summed E-state index contributed by atoms with van der Waals surface area (Å²) in [5.74, 6) is 0.926. The number of nitrogens with one attached hydrogen (secondary N) is 2. The summed E-state index contributed by atoms with van der Waals surface area (Å²) in [7, 11) is 1.70. The minimum Gasteiger partial charge on any atom is -0.496 e. The zero-order chi connectivity index (χ0) is 17.3. The first-order chi connectivity index (χ1) is 12.2. The zero-order valence-corrected chi connectivity index (χ0v) is 15.0. The summed E-state index contributed by atoms with van der Waals surface area (Å²) in [5.41, 5.74) is 2.45. The Bertz CT molecular complexity index is 640. The van der Waals surface area contributed by atoms with Crippen molar-refractivity contribution in [2.75, 3.05) is 13.7 Å². The molecule has 0 radical (unpaired) electrons. The first kappa shape index (κ1) is 16.7. The van der Waals surface area contributed by atoms with Crippen molar-refractivity contribution in [3.8, 4) is 5.75 Å². The molecule has 3 aliphatic rings. The van der Waals surface area contributed by atoms with E-state index in [4.69, 9.17) is 9.47 Å². The first-order valence-corrected chi connectivity index (χ1v) is 9.56. The molecule has 1 saturated carbocycles. The highest BCUT2D eigenvalue weighted by atomic mass is 16.5. The van der Waals surface area contributed by atoms with E-state index in [2.05, 4.69) is 16.7 Å². The first-order valence-electron chi connectivity index (χ1n) is 9.56. The Kier molecular flexibility index (Phi) is 4.59. The molecule has 1 aliphatic heterocycles. The molecule has 0 aromatic heterocycles. The third kappa shape index (κ3) is 3.34. The van der Waals surface area contributed by atoms with Crippen LogP contribution in [-0.4, -0.2) is 31.4 Å². The van der Waals surface area contributed by atoms with Gasteiger partial charge in [0.05, 0.1) is 18.8 Å². The van der Waals surface area contributed by atoms with Crippen molar-refractivity contribution < 1.29 is 14.3 Å². The number of hydrogen-bond donors (Lipinski definition) is 2. The Hall–Kier alpha value is -1.75. The van der Waals surface area contributed by atoms with Gasteiger partial charge in [0.1, 0.15) is 5.75 Å². The molecule has 5 nitrogen and oxygen atoms in total. The Labute approximate surface area is 149 Å². The average molecular weight is 344 g/mol. The number of hydrogen-bond acceptors (Lipinski definition) is 3. The summed E-state index contributed by atoms with van der Waals surface area (Å²) in [6.07, 6.45) is 8.52. The molecule has 1 saturated heterocycles. The summed E-state index contributed by atoms with van der Waals surface area (Å²) < 4.78 is 11.5. The van der Waals surface area contributed by atoms with E-state index >= 15 is 0 Å². The largest absolute Gasteiger partial charge is 0.496 e. The van der Waals surface area contributed by atoms with Gasteiger partial charge in [-0.25, -0.2) is 4.79 Å². The maximum atomic E-state index is 12.5. The second kappa shape index (κ2) is 6.87. The zero-order valence-electron chi connectivity index (χ0n) is 15.0. The predicted molar refractivity (Wildman–Crippen MR) is 95.9 cm³/mol. The van der Waals surface area contributed by atoms with Gasteiger partial charge in [-0.15, -0.1) is 0 Å². The van der Waals surface area contributed by atoms with E-state index in [0.29, 0.717) is 0 Å². The highest BCUT2D eigenvalue weighted by molar-refractivity contribution is 5.75. The van der Waals surface area contributed by atoms with Crippen LogP contribution in [0.3, 0.4) is 0 Å². The third-order valence-corrected chi connectivity index (χ3v) is 6.10. The van der Waals surface area contributed by atoms with E-state index in [-0.39, 0.29) is 23.7 Å². The Morgan fingerprint density at radius 3 is 2.88 bits per heavy atom. The molecule has 0 unspecified atom stereocenters. The molecule has 1 aromatic rings. The van der Waals surface area contributed by atoms with Gasteiger partial charge in [0, 0.05) is 12.6 Å². The summed E-state index contributed by atoms with van der Waals surface area (Å²) >= 11 is 0. The molecule has 2 atom stereocenters. The lowest BCUT2D eigenvalue weighted by molar-refractivity contribution is -0.0820. The number of methoxy groups -OCH3 is 1. The monoisotopic (exact) mass is 344 g/mol. The van der Waals surface area contributed by atoms with Crippen LogP contribution in [0.1, 0.15) is 62.1 Å². The SMILES string of the molecule is COc1cccc2c1CC[C@@H]2NC(=O)N[C@H]1CCOC2(CCCC2)C1. The van der Waals surface area contributed by atoms with Gasteiger partial charge < -0.3 is 20.1 Å². The minimum atomic E-state index is -0.0549. The van der Waals surface area contributed by atoms with Crippen molar-refractivity contribution >= 4 is 6.03 Å². The van der Waals surface area contributed by atoms with E-state index < -0.39 is 0 Å². The molecule has 5 heteroatoms. The fraction of sp³-hybridized carbons (Fsp3) is 0.650. The van der Waals surface area contributed by atoms with Gasteiger partial charge in [-0.3, -0.25) is 0 Å². The molecular weight excluding hydrogens is 316 g/mol. The van der Waals surface area contributed by atoms with E-state index in [1.54, 1.807) is 7.11 Å². The molecule has 2 fully saturated rings. The van der Waals surface area contributed by atoms with Gasteiger partial charge >= 0.3 is 6.03 Å². The van der Waals surface area contributed by atoms with Crippen LogP contribution in [0, 0.1) is 0 Å². The molecule has 1 spiro atoms. The second-order valence-corrected chi connectivity index (χ2v) is 7.67. The maximum absolute atomic E-state index is 12.5. The van der Waals surface area contributed by atoms with Gasteiger partial charge in [-0.2, -0.15) is 0 Å². The van der Waals surface area contributed by atoms with E-state index in [1.807, 2.05) is 12.1 Å². The standard InChI is InChI=1S/C20H28N2O3/c1-24-18-6-4-5-15-16(18)7-8-17(15)22-19(23)21-14-9-12-25-20(13-14)10-2-3-11-20/h4-6,14,17H,2-3,7-13H2,1H3,(H2,21,22,23)/t14-,17-/m0/s1. The highest BCUT2D eigenvalue weighted by Crippen LogP contribution is 2.40. The van der Waals surface area contributed by atoms with Crippen molar-refractivity contribution in [1.29, 1.82) is 0 Å². The van der Waals surface area contributed by atoms with Gasteiger partial charge in [0.15, 0.2) is 0 Å². The van der Waals surface area contributed by atoms with Crippen LogP contribution < -0.4 is 15.4 Å². The van der Waals surface area contributed by atoms with Crippen LogP contribution in [0.25, 0.3) is 0 Å². The molecule has 1 aromatic carbocycles. The van der Waals surface area contributed by atoms with Gasteiger partial charge in [0.2, 0.25) is 0 Å². The number of carbonyl (C=O) groups excluding carboxylic acids is 1. The minimum absolute atomic E-state index is 0.0313. The molecule has 2 N–H and O–H groups in total. The van der Waals surface area contributed by atoms with Crippen molar-refractivity contribution in [2.45, 2.75) is 69.1 Å². The van der Waals surface area contributed by atoms with Gasteiger partial charge in [0.25, 0.3) is 0 Å². The summed E-state index contributed by atoms with van der Waals surface area (Å²) in [6.45, 7) is 0.758. The van der Waals surface area contributed by atoms with Crippen LogP contribution in [0.2, 0.25) is 0 Å². The van der Waals surface area contributed by atoms with Crippen LogP contribution in [0.4, 0.5) is 4.79 Å². The second-order valence-electron chi connectivity index (χ2n) is 7.67. The van der Waals surface area contributed by atoms with Gasteiger partial charge in [-0.05, 0) is 55.7 Å². The molecule has 136 valence electrons. The van der Waals surface area contributed by atoms with Crippen LogP contribution >= 0.6 is 0 Å². The highest BCUT2D eigenvalue weighted by Gasteiger charge is 2.40. The number of urea groups is 1. The average Bonchev–Trinajstić information content (AvgIpc) is 3.22. The number of carbonyl (C=O) groups is 1. The van der Waals surface area contributed by atoms with Crippen molar-refractivity contribution in [3.05, 3.63) is 29.3 Å². The smallest absolute Gasteiger partial charge is 0.315 e. The van der Waals surface area contributed by atoms with E-state index in [0.717, 1.165) is 50.9 Å². The fourth-order valence-electron chi connectivity index (χ4n) is 4.87. The number of rotatable bonds is 3.